The van der Waals surface area contributed by atoms with Crippen molar-refractivity contribution in [1.82, 2.24) is 0 Å². The van der Waals surface area contributed by atoms with Crippen LogP contribution in [0, 0.1) is 17.0 Å². The number of carbonyl (C=O) groups is 1. The monoisotopic (exact) mass is 496 g/mol. The lowest BCUT2D eigenvalue weighted by atomic mass is 9.87. The summed E-state index contributed by atoms with van der Waals surface area (Å²) in [6.45, 7) is 2.10. The average Bonchev–Trinajstić information content (AvgIpc) is 2.87. The fourth-order valence-corrected chi connectivity index (χ4v) is 4.69. The third-order valence-corrected chi connectivity index (χ3v) is 6.78. The lowest BCUT2D eigenvalue weighted by molar-refractivity contribution is -0.384. The highest BCUT2D eigenvalue weighted by Gasteiger charge is 2.25. The molecular weight excluding hydrogens is 468 g/mol. The molecule has 35 heavy (non-hydrogen) atoms. The highest BCUT2D eigenvalue weighted by molar-refractivity contribution is 7.74. The number of methoxy groups -OCH3 is 1. The molecule has 0 amide bonds. The second-order valence-electron chi connectivity index (χ2n) is 8.26. The molecule has 0 heterocycles. The summed E-state index contributed by atoms with van der Waals surface area (Å²) in [5.74, 6) is -1.06. The van der Waals surface area contributed by atoms with Gasteiger partial charge in [-0.05, 0) is 43.0 Å². The molecule has 0 N–H and O–H groups in total. The number of nitrogens with zero attached hydrogens (tertiary/aromatic N) is 2. The summed E-state index contributed by atoms with van der Waals surface area (Å²) in [4.78, 5) is 23.0. The number of benzene rings is 3. The second kappa shape index (κ2) is 12.1. The zero-order valence-electron chi connectivity index (χ0n) is 19.6. The maximum Gasteiger partial charge on any atom is 0.313 e. The Kier molecular flexibility index (Phi) is 8.97. The molecule has 2 unspecified atom stereocenters. The van der Waals surface area contributed by atoms with Gasteiger partial charge in [0.2, 0.25) is 10.9 Å². The van der Waals surface area contributed by atoms with Gasteiger partial charge in [0.1, 0.15) is 0 Å². The number of nitro benzene ring substituents is 1. The Balaban J connectivity index is 1.88. The molecule has 2 atom stereocenters. The molecule has 3 rings (SSSR count). The fourth-order valence-electron chi connectivity index (χ4n) is 4.04. The maximum atomic E-state index is 12.6. The van der Waals surface area contributed by atoms with E-state index in [1.807, 2.05) is 61.5 Å². The Hall–Kier alpha value is -3.72. The Bertz CT molecular complexity index is 1200. The largest absolute Gasteiger partial charge is 0.469 e. The number of aryl methyl sites for hydroxylation is 1. The van der Waals surface area contributed by atoms with Crippen molar-refractivity contribution >= 4 is 28.2 Å². The predicted octanol–water partition coefficient (Wildman–Crippen LogP) is 4.76. The maximum absolute atomic E-state index is 12.6. The standard InChI is InChI=1S/C26H28N2O6S/c1-19-8-10-21(11-9-19)25(26(29)34-2)17-12-22(20-6-4-3-5-7-20)18-27(35(32)33)23-13-15-24(16-14-23)28(30)31/h3-11,13-16,22,25,35H,12,17-18H2,1-2H3. The van der Waals surface area contributed by atoms with E-state index in [1.165, 1.54) is 35.7 Å². The Morgan fingerprint density at radius 3 is 2.11 bits per heavy atom. The first kappa shape index (κ1) is 25.9. The topological polar surface area (TPSA) is 107 Å². The molecule has 8 nitrogen and oxygen atoms in total. The predicted molar refractivity (Wildman–Crippen MR) is 135 cm³/mol. The highest BCUT2D eigenvalue weighted by Crippen LogP contribution is 2.31. The molecule has 0 aliphatic rings. The number of rotatable bonds is 11. The highest BCUT2D eigenvalue weighted by atomic mass is 32.2. The summed E-state index contributed by atoms with van der Waals surface area (Å²) in [5.41, 5.74) is 3.09. The molecular formula is C26H28N2O6S. The van der Waals surface area contributed by atoms with E-state index in [-0.39, 0.29) is 24.1 Å². The first-order valence-corrected chi connectivity index (χ1v) is 12.3. The quantitative estimate of drug-likeness (QED) is 0.178. The minimum Gasteiger partial charge on any atom is -0.469 e. The number of esters is 1. The second-order valence-corrected chi connectivity index (χ2v) is 9.22. The van der Waals surface area contributed by atoms with Gasteiger partial charge in [-0.3, -0.25) is 19.2 Å². The number of ether oxygens (including phenoxy) is 1. The van der Waals surface area contributed by atoms with Crippen molar-refractivity contribution in [1.29, 1.82) is 0 Å². The van der Waals surface area contributed by atoms with Gasteiger partial charge >= 0.3 is 5.97 Å². The van der Waals surface area contributed by atoms with Crippen molar-refractivity contribution in [3.05, 3.63) is 106 Å². The van der Waals surface area contributed by atoms with Crippen LogP contribution in [-0.4, -0.2) is 33.0 Å². The van der Waals surface area contributed by atoms with Crippen LogP contribution in [0.15, 0.2) is 78.9 Å². The molecule has 184 valence electrons. The van der Waals surface area contributed by atoms with E-state index >= 15 is 0 Å². The average molecular weight is 497 g/mol. The van der Waals surface area contributed by atoms with Crippen molar-refractivity contribution in [3.63, 3.8) is 0 Å². The Labute approximate surface area is 206 Å². The lowest BCUT2D eigenvalue weighted by Crippen LogP contribution is -2.28. The van der Waals surface area contributed by atoms with E-state index in [0.717, 1.165) is 16.7 Å². The summed E-state index contributed by atoms with van der Waals surface area (Å²) >= 11 is 0. The number of non-ortho nitro benzene ring substituents is 1. The van der Waals surface area contributed by atoms with Gasteiger partial charge in [-0.1, -0.05) is 60.2 Å². The van der Waals surface area contributed by atoms with Crippen LogP contribution in [0.2, 0.25) is 0 Å². The molecule has 0 saturated heterocycles. The molecule has 0 spiro atoms. The minimum atomic E-state index is -3.01. The van der Waals surface area contributed by atoms with Gasteiger partial charge in [-0.2, -0.15) is 0 Å². The molecule has 9 heteroatoms. The van der Waals surface area contributed by atoms with E-state index < -0.39 is 21.7 Å². The third-order valence-electron chi connectivity index (χ3n) is 5.99. The molecule has 3 aromatic carbocycles. The van der Waals surface area contributed by atoms with Gasteiger partial charge in [0, 0.05) is 24.6 Å². The van der Waals surface area contributed by atoms with E-state index in [2.05, 4.69) is 0 Å². The molecule has 0 radical (unpaired) electrons. The van der Waals surface area contributed by atoms with Gasteiger partial charge in [0.25, 0.3) is 5.69 Å². The van der Waals surface area contributed by atoms with Crippen LogP contribution >= 0.6 is 0 Å². The minimum absolute atomic E-state index is 0.117. The van der Waals surface area contributed by atoms with E-state index in [4.69, 9.17) is 4.74 Å². The van der Waals surface area contributed by atoms with Crippen molar-refractivity contribution in [3.8, 4) is 0 Å². The van der Waals surface area contributed by atoms with Crippen LogP contribution in [0.4, 0.5) is 11.4 Å². The van der Waals surface area contributed by atoms with Crippen molar-refractivity contribution < 1.29 is 22.9 Å². The number of carbonyl (C=O) groups excluding carboxylic acids is 1. The summed E-state index contributed by atoms with van der Waals surface area (Å²) < 4.78 is 30.6. The van der Waals surface area contributed by atoms with Gasteiger partial charge < -0.3 is 4.74 Å². The summed E-state index contributed by atoms with van der Waals surface area (Å²) in [7, 11) is -1.65. The van der Waals surface area contributed by atoms with Crippen LogP contribution in [0.1, 0.15) is 41.4 Å². The normalized spacial score (nSPS) is 12.7. The first-order valence-electron chi connectivity index (χ1n) is 11.2. The number of nitro groups is 1. The van der Waals surface area contributed by atoms with Crippen LogP contribution in [0.5, 0.6) is 0 Å². The van der Waals surface area contributed by atoms with E-state index in [9.17, 15) is 23.3 Å². The zero-order chi connectivity index (χ0) is 25.4. The SMILES string of the molecule is COC(=O)C(CCC(CN(c1ccc([N+](=O)[O-])cc1)[SH](=O)=O)c1ccccc1)c1ccc(C)cc1. The smallest absolute Gasteiger partial charge is 0.313 e. The Morgan fingerprint density at radius 1 is 0.943 bits per heavy atom. The molecule has 0 aliphatic heterocycles. The Morgan fingerprint density at radius 2 is 1.57 bits per heavy atom. The number of hydrogen-bond acceptors (Lipinski definition) is 6. The summed E-state index contributed by atoms with van der Waals surface area (Å²) in [6.07, 6.45) is 0.976. The molecule has 0 fully saturated rings. The van der Waals surface area contributed by atoms with Gasteiger partial charge in [0.15, 0.2) is 0 Å². The molecule has 3 aromatic rings. The van der Waals surface area contributed by atoms with Gasteiger partial charge in [-0.25, -0.2) is 8.42 Å². The zero-order valence-corrected chi connectivity index (χ0v) is 20.5. The van der Waals surface area contributed by atoms with E-state index in [1.54, 1.807) is 0 Å². The molecule has 0 aliphatic carbocycles. The number of hydrogen-bond donors (Lipinski definition) is 1. The number of anilines is 1. The summed E-state index contributed by atoms with van der Waals surface area (Å²) in [6, 6.07) is 22.6. The molecule has 0 bridgehead atoms. The van der Waals surface area contributed by atoms with Crippen molar-refractivity contribution in [2.24, 2.45) is 0 Å². The molecule has 0 saturated carbocycles. The van der Waals surface area contributed by atoms with Crippen LogP contribution in [0.3, 0.4) is 0 Å². The van der Waals surface area contributed by atoms with Crippen molar-refractivity contribution in [2.75, 3.05) is 18.0 Å². The van der Waals surface area contributed by atoms with Gasteiger partial charge in [0.05, 0.1) is 23.6 Å². The third kappa shape index (κ3) is 6.89. The summed E-state index contributed by atoms with van der Waals surface area (Å²) in [5, 5.41) is 11.0. The van der Waals surface area contributed by atoms with Crippen LogP contribution in [0.25, 0.3) is 0 Å². The van der Waals surface area contributed by atoms with Gasteiger partial charge in [-0.15, -0.1) is 0 Å². The van der Waals surface area contributed by atoms with Crippen LogP contribution < -0.4 is 4.31 Å². The first-order chi connectivity index (χ1) is 16.8. The molecule has 0 aromatic heterocycles. The van der Waals surface area contributed by atoms with Crippen molar-refractivity contribution in [2.45, 2.75) is 31.6 Å². The van der Waals surface area contributed by atoms with Crippen LogP contribution in [-0.2, 0) is 20.4 Å². The fraction of sp³-hybridized carbons (Fsp3) is 0.269. The lowest BCUT2D eigenvalue weighted by Gasteiger charge is -2.26. The van der Waals surface area contributed by atoms with E-state index in [0.29, 0.717) is 18.5 Å². The number of thiol groups is 1.